The van der Waals surface area contributed by atoms with E-state index in [9.17, 15) is 4.79 Å². The summed E-state index contributed by atoms with van der Waals surface area (Å²) in [5.41, 5.74) is 0.835. The van der Waals surface area contributed by atoms with Gasteiger partial charge in [-0.05, 0) is 42.0 Å². The van der Waals surface area contributed by atoms with Gasteiger partial charge in [0.25, 0.3) is 5.91 Å². The van der Waals surface area contributed by atoms with Crippen molar-refractivity contribution < 1.29 is 13.9 Å². The van der Waals surface area contributed by atoms with Gasteiger partial charge in [0, 0.05) is 6.54 Å². The van der Waals surface area contributed by atoms with Crippen LogP contribution < -0.4 is 10.1 Å². The smallest absolute Gasteiger partial charge is 0.287 e. The molecule has 0 saturated carbocycles. The number of furan rings is 1. The molecule has 7 heteroatoms. The van der Waals surface area contributed by atoms with Crippen molar-refractivity contribution in [2.45, 2.75) is 13.2 Å². The van der Waals surface area contributed by atoms with E-state index < -0.39 is 0 Å². The Morgan fingerprint density at radius 3 is 2.54 bits per heavy atom. The van der Waals surface area contributed by atoms with Crippen LogP contribution in [0, 0.1) is 0 Å². The van der Waals surface area contributed by atoms with Crippen molar-refractivity contribution in [3.8, 4) is 5.75 Å². The van der Waals surface area contributed by atoms with Gasteiger partial charge in [-0.1, -0.05) is 53.0 Å². The average molecular weight is 411 g/mol. The molecule has 1 N–H and O–H groups in total. The molecule has 0 saturated heterocycles. The first kappa shape index (κ1) is 18.6. The predicted octanol–water partition coefficient (Wildman–Crippen LogP) is 5.75. The van der Waals surface area contributed by atoms with Crippen LogP contribution in [0.15, 0.2) is 59.0 Å². The van der Waals surface area contributed by atoms with Crippen LogP contribution in [0.3, 0.4) is 0 Å². The zero-order valence-electron chi connectivity index (χ0n) is 13.5. The molecule has 0 aliphatic heterocycles. The van der Waals surface area contributed by atoms with Gasteiger partial charge >= 0.3 is 0 Å². The lowest BCUT2D eigenvalue weighted by molar-refractivity contribution is 0.0919. The zero-order valence-corrected chi connectivity index (χ0v) is 15.7. The van der Waals surface area contributed by atoms with Gasteiger partial charge in [0.1, 0.15) is 18.1 Å². The van der Waals surface area contributed by atoms with Gasteiger partial charge in [0.05, 0.1) is 15.1 Å². The lowest BCUT2D eigenvalue weighted by atomic mass is 10.2. The maximum atomic E-state index is 12.2. The second kappa shape index (κ2) is 8.49. The summed E-state index contributed by atoms with van der Waals surface area (Å²) in [6, 6.07) is 15.6. The second-order valence-corrected chi connectivity index (χ2v) is 6.64. The standard InChI is InChI=1S/C19H14Cl3NO3/c20-14-7-5-12(9-16(14)22)10-23-19(24)18-8-6-13(26-18)11-25-17-4-2-1-3-15(17)21/h1-9H,10-11H2,(H,23,24). The molecule has 1 heterocycles. The van der Waals surface area contributed by atoms with E-state index >= 15 is 0 Å². The highest BCUT2D eigenvalue weighted by Gasteiger charge is 2.12. The molecule has 0 aliphatic rings. The van der Waals surface area contributed by atoms with E-state index in [-0.39, 0.29) is 18.3 Å². The third kappa shape index (κ3) is 4.73. The minimum absolute atomic E-state index is 0.170. The molecule has 3 aromatic rings. The van der Waals surface area contributed by atoms with Crippen molar-refractivity contribution in [1.82, 2.24) is 5.32 Å². The fourth-order valence-corrected chi connectivity index (χ4v) is 2.72. The first-order valence-electron chi connectivity index (χ1n) is 7.71. The molecule has 1 amide bonds. The van der Waals surface area contributed by atoms with Gasteiger partial charge in [0.2, 0.25) is 0 Å². The Morgan fingerprint density at radius 2 is 1.77 bits per heavy atom. The summed E-state index contributed by atoms with van der Waals surface area (Å²) < 4.78 is 11.1. The number of nitrogens with one attached hydrogen (secondary N) is 1. The number of hydrogen-bond donors (Lipinski definition) is 1. The number of para-hydroxylation sites is 1. The molecular formula is C19H14Cl3NO3. The maximum absolute atomic E-state index is 12.2. The molecule has 0 fully saturated rings. The SMILES string of the molecule is O=C(NCc1ccc(Cl)c(Cl)c1)c1ccc(COc2ccccc2Cl)o1. The molecular weight excluding hydrogens is 397 g/mol. The molecule has 1 aromatic heterocycles. The van der Waals surface area contributed by atoms with Crippen molar-refractivity contribution in [3.63, 3.8) is 0 Å². The highest BCUT2D eigenvalue weighted by Crippen LogP contribution is 2.24. The maximum Gasteiger partial charge on any atom is 0.287 e. The lowest BCUT2D eigenvalue weighted by Gasteiger charge is -2.06. The minimum atomic E-state index is -0.333. The summed E-state index contributed by atoms with van der Waals surface area (Å²) in [6.07, 6.45) is 0. The minimum Gasteiger partial charge on any atom is -0.484 e. The first-order valence-corrected chi connectivity index (χ1v) is 8.84. The summed E-state index contributed by atoms with van der Waals surface area (Å²) >= 11 is 17.9. The normalized spacial score (nSPS) is 10.6. The third-order valence-electron chi connectivity index (χ3n) is 3.53. The Morgan fingerprint density at radius 1 is 0.962 bits per heavy atom. The van der Waals surface area contributed by atoms with Gasteiger partial charge in [-0.2, -0.15) is 0 Å². The quantitative estimate of drug-likeness (QED) is 0.563. The van der Waals surface area contributed by atoms with Gasteiger partial charge in [-0.3, -0.25) is 4.79 Å². The summed E-state index contributed by atoms with van der Waals surface area (Å²) in [7, 11) is 0. The highest BCUT2D eigenvalue weighted by molar-refractivity contribution is 6.42. The summed E-state index contributed by atoms with van der Waals surface area (Å²) in [4.78, 5) is 12.2. The van der Waals surface area contributed by atoms with E-state index in [4.69, 9.17) is 44.0 Å². The molecule has 0 bridgehead atoms. The Hall–Kier alpha value is -2.14. The van der Waals surface area contributed by atoms with Crippen LogP contribution in [0.25, 0.3) is 0 Å². The number of carbonyl (C=O) groups is 1. The van der Waals surface area contributed by atoms with Crippen LogP contribution in [0.2, 0.25) is 15.1 Å². The van der Waals surface area contributed by atoms with Gasteiger partial charge < -0.3 is 14.5 Å². The van der Waals surface area contributed by atoms with E-state index in [0.717, 1.165) is 5.56 Å². The van der Waals surface area contributed by atoms with E-state index in [1.165, 1.54) is 0 Å². The van der Waals surface area contributed by atoms with E-state index in [2.05, 4.69) is 5.32 Å². The Balaban J connectivity index is 1.55. The van der Waals surface area contributed by atoms with E-state index in [0.29, 0.717) is 33.1 Å². The molecule has 0 atom stereocenters. The topological polar surface area (TPSA) is 51.5 Å². The molecule has 26 heavy (non-hydrogen) atoms. The molecule has 3 rings (SSSR count). The van der Waals surface area contributed by atoms with Crippen molar-refractivity contribution in [1.29, 1.82) is 0 Å². The van der Waals surface area contributed by atoms with Crippen molar-refractivity contribution >= 4 is 40.7 Å². The first-order chi connectivity index (χ1) is 12.5. The fourth-order valence-electron chi connectivity index (χ4n) is 2.21. The third-order valence-corrected chi connectivity index (χ3v) is 4.58. The number of hydrogen-bond acceptors (Lipinski definition) is 3. The van der Waals surface area contributed by atoms with E-state index in [1.54, 1.807) is 42.5 Å². The van der Waals surface area contributed by atoms with Crippen LogP contribution in [-0.2, 0) is 13.2 Å². The monoisotopic (exact) mass is 409 g/mol. The van der Waals surface area contributed by atoms with Gasteiger partial charge in [0.15, 0.2) is 5.76 Å². The van der Waals surface area contributed by atoms with Gasteiger partial charge in [-0.15, -0.1) is 0 Å². The number of amides is 1. The van der Waals surface area contributed by atoms with Crippen LogP contribution in [0.4, 0.5) is 0 Å². The van der Waals surface area contributed by atoms with Crippen LogP contribution in [0.5, 0.6) is 5.75 Å². The Kier molecular flexibility index (Phi) is 6.09. The lowest BCUT2D eigenvalue weighted by Crippen LogP contribution is -2.22. The van der Waals surface area contributed by atoms with Crippen molar-refractivity contribution in [2.24, 2.45) is 0 Å². The number of carbonyl (C=O) groups excluding carboxylic acids is 1. The van der Waals surface area contributed by atoms with Crippen LogP contribution in [-0.4, -0.2) is 5.91 Å². The van der Waals surface area contributed by atoms with Crippen LogP contribution >= 0.6 is 34.8 Å². The summed E-state index contributed by atoms with van der Waals surface area (Å²) in [5.74, 6) is 0.934. The fraction of sp³-hybridized carbons (Fsp3) is 0.105. The molecule has 0 unspecified atom stereocenters. The summed E-state index contributed by atoms with van der Waals surface area (Å²) in [5, 5.41) is 4.18. The number of ether oxygens (including phenoxy) is 1. The summed E-state index contributed by atoms with van der Waals surface area (Å²) in [6.45, 7) is 0.478. The molecule has 0 radical (unpaired) electrons. The zero-order chi connectivity index (χ0) is 18.5. The number of halogens is 3. The van der Waals surface area contributed by atoms with Crippen molar-refractivity contribution in [2.75, 3.05) is 0 Å². The molecule has 2 aromatic carbocycles. The predicted molar refractivity (Wildman–Crippen MR) is 102 cm³/mol. The highest BCUT2D eigenvalue weighted by atomic mass is 35.5. The van der Waals surface area contributed by atoms with Crippen LogP contribution in [0.1, 0.15) is 21.9 Å². The Bertz CT molecular complexity index is 924. The molecule has 4 nitrogen and oxygen atoms in total. The number of rotatable bonds is 6. The average Bonchev–Trinajstić information content (AvgIpc) is 3.11. The van der Waals surface area contributed by atoms with Crippen molar-refractivity contribution in [3.05, 3.63) is 86.7 Å². The second-order valence-electron chi connectivity index (χ2n) is 5.42. The largest absolute Gasteiger partial charge is 0.484 e. The number of benzene rings is 2. The molecule has 0 aliphatic carbocycles. The molecule has 0 spiro atoms. The Labute approximate surface area is 165 Å². The molecule has 134 valence electrons. The van der Waals surface area contributed by atoms with E-state index in [1.807, 2.05) is 12.1 Å². The van der Waals surface area contributed by atoms with Gasteiger partial charge in [-0.25, -0.2) is 0 Å².